The van der Waals surface area contributed by atoms with Crippen LogP contribution in [0.15, 0.2) is 0 Å². The summed E-state index contributed by atoms with van der Waals surface area (Å²) in [5.74, 6) is -0.217. The first-order chi connectivity index (χ1) is 5.91. The summed E-state index contributed by atoms with van der Waals surface area (Å²) in [6.45, 7) is 1.90. The van der Waals surface area contributed by atoms with Crippen LogP contribution >= 0.6 is 0 Å². The molecule has 3 N–H and O–H groups in total. The predicted molar refractivity (Wildman–Crippen MR) is 48.1 cm³/mol. The predicted octanol–water partition coefficient (Wildman–Crippen LogP) is -1.89. The number of nitrogens with one attached hydrogen (secondary N) is 1. The maximum atomic E-state index is 11.0. The first-order valence-corrected chi connectivity index (χ1v) is 6.03. The lowest BCUT2D eigenvalue weighted by atomic mass is 10.2. The molecule has 1 fully saturated rings. The number of aliphatic hydroxyl groups excluding tert-OH is 2. The Morgan fingerprint density at radius 3 is 2.54 bits per heavy atom. The van der Waals surface area contributed by atoms with E-state index in [9.17, 15) is 13.5 Å². The van der Waals surface area contributed by atoms with Gasteiger partial charge in [-0.2, -0.15) is 0 Å². The van der Waals surface area contributed by atoms with Crippen LogP contribution in [0.4, 0.5) is 0 Å². The van der Waals surface area contributed by atoms with Crippen LogP contribution in [0.3, 0.4) is 0 Å². The van der Waals surface area contributed by atoms with Crippen LogP contribution in [0.1, 0.15) is 6.92 Å². The molecule has 0 aromatic rings. The van der Waals surface area contributed by atoms with Crippen LogP contribution < -0.4 is 5.32 Å². The van der Waals surface area contributed by atoms with Crippen LogP contribution in [-0.2, 0) is 9.84 Å². The Morgan fingerprint density at radius 2 is 2.15 bits per heavy atom. The fourth-order valence-electron chi connectivity index (χ4n) is 1.35. The molecule has 1 saturated heterocycles. The Hall–Kier alpha value is -0.170. The fraction of sp³-hybridized carbons (Fsp3) is 1.00. The molecule has 0 amide bonds. The molecule has 1 heterocycles. The van der Waals surface area contributed by atoms with E-state index in [1.54, 1.807) is 6.92 Å². The average molecular weight is 209 g/mol. The number of hydrogen-bond acceptors (Lipinski definition) is 5. The molecule has 0 aromatic heterocycles. The summed E-state index contributed by atoms with van der Waals surface area (Å²) in [4.78, 5) is 0. The van der Waals surface area contributed by atoms with Crippen molar-refractivity contribution in [2.24, 2.45) is 0 Å². The van der Waals surface area contributed by atoms with Gasteiger partial charge in [0.25, 0.3) is 0 Å². The third kappa shape index (κ3) is 3.22. The SMILES string of the molecule is C[C@H](O)CN[C@H]1CS(=O)(=O)C[C@H]1O. The van der Waals surface area contributed by atoms with Crippen LogP contribution in [-0.4, -0.2) is 54.9 Å². The molecule has 0 saturated carbocycles. The molecule has 1 rings (SSSR count). The molecule has 78 valence electrons. The molecule has 0 aromatic carbocycles. The second kappa shape index (κ2) is 3.91. The minimum atomic E-state index is -3.09. The van der Waals surface area contributed by atoms with E-state index in [-0.39, 0.29) is 11.5 Å². The van der Waals surface area contributed by atoms with Crippen molar-refractivity contribution in [1.29, 1.82) is 0 Å². The van der Waals surface area contributed by atoms with Crippen molar-refractivity contribution in [3.63, 3.8) is 0 Å². The summed E-state index contributed by atoms with van der Waals surface area (Å²) in [5.41, 5.74) is 0. The van der Waals surface area contributed by atoms with Crippen LogP contribution in [0.25, 0.3) is 0 Å². The van der Waals surface area contributed by atoms with E-state index in [2.05, 4.69) is 5.32 Å². The van der Waals surface area contributed by atoms with Crippen molar-refractivity contribution in [1.82, 2.24) is 5.32 Å². The monoisotopic (exact) mass is 209 g/mol. The van der Waals surface area contributed by atoms with Crippen molar-refractivity contribution >= 4 is 9.84 Å². The van der Waals surface area contributed by atoms with Gasteiger partial charge in [-0.05, 0) is 6.92 Å². The van der Waals surface area contributed by atoms with Crippen molar-refractivity contribution in [2.45, 2.75) is 25.2 Å². The zero-order valence-electron chi connectivity index (χ0n) is 7.47. The summed E-state index contributed by atoms with van der Waals surface area (Å²) in [5, 5.41) is 21.1. The van der Waals surface area contributed by atoms with Gasteiger partial charge in [-0.1, -0.05) is 0 Å². The molecule has 13 heavy (non-hydrogen) atoms. The number of rotatable bonds is 3. The fourth-order valence-corrected chi connectivity index (χ4v) is 3.12. The van der Waals surface area contributed by atoms with Gasteiger partial charge in [0.05, 0.1) is 23.7 Å². The van der Waals surface area contributed by atoms with Crippen molar-refractivity contribution in [3.8, 4) is 0 Å². The van der Waals surface area contributed by atoms with E-state index >= 15 is 0 Å². The van der Waals surface area contributed by atoms with Gasteiger partial charge in [-0.25, -0.2) is 8.42 Å². The van der Waals surface area contributed by atoms with E-state index in [1.807, 2.05) is 0 Å². The third-order valence-electron chi connectivity index (χ3n) is 2.00. The molecule has 0 aliphatic carbocycles. The Kier molecular flexibility index (Phi) is 3.28. The highest BCUT2D eigenvalue weighted by Crippen LogP contribution is 2.12. The van der Waals surface area contributed by atoms with E-state index in [4.69, 9.17) is 5.11 Å². The maximum Gasteiger partial charge on any atom is 0.154 e. The highest BCUT2D eigenvalue weighted by molar-refractivity contribution is 7.91. The summed E-state index contributed by atoms with van der Waals surface area (Å²) in [6, 6.07) is -0.431. The molecule has 1 aliphatic rings. The number of hydrogen-bond donors (Lipinski definition) is 3. The average Bonchev–Trinajstić information content (AvgIpc) is 2.20. The largest absolute Gasteiger partial charge is 0.392 e. The molecular formula is C7H15NO4S. The van der Waals surface area contributed by atoms with Gasteiger partial charge in [0, 0.05) is 12.6 Å². The Morgan fingerprint density at radius 1 is 1.54 bits per heavy atom. The second-order valence-electron chi connectivity index (χ2n) is 3.51. The lowest BCUT2D eigenvalue weighted by Crippen LogP contribution is -2.42. The molecule has 1 aliphatic heterocycles. The smallest absolute Gasteiger partial charge is 0.154 e. The summed E-state index contributed by atoms with van der Waals surface area (Å²) in [7, 11) is -3.09. The van der Waals surface area contributed by atoms with Crippen LogP contribution in [0, 0.1) is 0 Å². The highest BCUT2D eigenvalue weighted by atomic mass is 32.2. The molecular weight excluding hydrogens is 194 g/mol. The van der Waals surface area contributed by atoms with Gasteiger partial charge < -0.3 is 15.5 Å². The maximum absolute atomic E-state index is 11.0. The highest BCUT2D eigenvalue weighted by Gasteiger charge is 2.35. The Bertz CT molecular complexity index is 262. The molecule has 3 atom stereocenters. The second-order valence-corrected chi connectivity index (χ2v) is 5.66. The minimum Gasteiger partial charge on any atom is -0.392 e. The Balaban J connectivity index is 2.44. The minimum absolute atomic E-state index is 0.0408. The first-order valence-electron chi connectivity index (χ1n) is 4.20. The van der Waals surface area contributed by atoms with E-state index in [0.29, 0.717) is 6.54 Å². The van der Waals surface area contributed by atoms with Gasteiger partial charge in [-0.15, -0.1) is 0 Å². The van der Waals surface area contributed by atoms with Crippen molar-refractivity contribution in [2.75, 3.05) is 18.1 Å². The lowest BCUT2D eigenvalue weighted by Gasteiger charge is -2.15. The quantitative estimate of drug-likeness (QED) is 0.506. The van der Waals surface area contributed by atoms with Gasteiger partial charge >= 0.3 is 0 Å². The van der Waals surface area contributed by atoms with Gasteiger partial charge in [0.2, 0.25) is 0 Å². The summed E-state index contributed by atoms with van der Waals surface area (Å²) < 4.78 is 22.1. The topological polar surface area (TPSA) is 86.6 Å². The van der Waals surface area contributed by atoms with Crippen LogP contribution in [0.2, 0.25) is 0 Å². The van der Waals surface area contributed by atoms with Gasteiger partial charge in [0.1, 0.15) is 0 Å². The first kappa shape index (κ1) is 10.9. The van der Waals surface area contributed by atoms with Gasteiger partial charge in [-0.3, -0.25) is 0 Å². The van der Waals surface area contributed by atoms with E-state index in [0.717, 1.165) is 0 Å². The third-order valence-corrected chi connectivity index (χ3v) is 3.71. The van der Waals surface area contributed by atoms with Crippen molar-refractivity contribution < 1.29 is 18.6 Å². The molecule has 6 heteroatoms. The van der Waals surface area contributed by atoms with Gasteiger partial charge in [0.15, 0.2) is 9.84 Å². The van der Waals surface area contributed by atoms with E-state index < -0.39 is 28.1 Å². The number of aliphatic hydroxyl groups is 2. The Labute approximate surface area is 77.7 Å². The molecule has 0 bridgehead atoms. The molecule has 0 radical (unpaired) electrons. The normalized spacial score (nSPS) is 34.7. The molecule has 5 nitrogen and oxygen atoms in total. The zero-order chi connectivity index (χ0) is 10.1. The summed E-state index contributed by atoms with van der Waals surface area (Å²) in [6.07, 6.45) is -1.38. The van der Waals surface area contributed by atoms with Crippen molar-refractivity contribution in [3.05, 3.63) is 0 Å². The lowest BCUT2D eigenvalue weighted by molar-refractivity contribution is 0.143. The van der Waals surface area contributed by atoms with Crippen LogP contribution in [0.5, 0.6) is 0 Å². The molecule has 0 spiro atoms. The summed E-state index contributed by atoms with van der Waals surface area (Å²) >= 11 is 0. The standard InChI is InChI=1S/C7H15NO4S/c1-5(9)2-8-6-3-13(11,12)4-7(6)10/h5-10H,2-4H2,1H3/t5-,6-,7+/m0/s1. The zero-order valence-corrected chi connectivity index (χ0v) is 8.29. The van der Waals surface area contributed by atoms with E-state index in [1.165, 1.54) is 0 Å². The molecule has 0 unspecified atom stereocenters. The number of sulfone groups is 1.